The number of nitrogens with one attached hydrogen (secondary N) is 1. The smallest absolute Gasteiger partial charge is 0.177 e. The first kappa shape index (κ1) is 19.9. The molecule has 0 spiro atoms. The Morgan fingerprint density at radius 2 is 1.61 bits per heavy atom. The molecule has 0 saturated carbocycles. The number of likely N-dealkylation sites (N-methyl/N-ethyl adjacent to an activating group) is 1. The summed E-state index contributed by atoms with van der Waals surface area (Å²) >= 11 is 0. The van der Waals surface area contributed by atoms with Crippen molar-refractivity contribution < 1.29 is 16.8 Å². The summed E-state index contributed by atoms with van der Waals surface area (Å²) < 4.78 is 47.2. The molecule has 0 saturated heterocycles. The van der Waals surface area contributed by atoms with Gasteiger partial charge in [-0.1, -0.05) is 13.8 Å². The second-order valence-electron chi connectivity index (χ2n) is 5.65. The van der Waals surface area contributed by atoms with Crippen molar-refractivity contribution in [1.29, 1.82) is 0 Å². The highest BCUT2D eigenvalue weighted by atomic mass is 32.2. The maximum atomic E-state index is 12.0. The van der Waals surface area contributed by atoms with Crippen LogP contribution in [0.4, 0.5) is 5.69 Å². The molecule has 0 bridgehead atoms. The molecule has 6 nitrogen and oxygen atoms in total. The van der Waals surface area contributed by atoms with E-state index in [1.54, 1.807) is 0 Å². The molecule has 0 aliphatic heterocycles. The minimum Gasteiger partial charge on any atom is -0.382 e. The number of benzene rings is 1. The number of nitrogens with zero attached hydrogens (tertiary/aromatic N) is 1. The lowest BCUT2D eigenvalue weighted by atomic mass is 10.2. The molecule has 1 atom stereocenters. The first-order valence-electron chi connectivity index (χ1n) is 7.52. The molecular weight excluding hydrogens is 336 g/mol. The Morgan fingerprint density at radius 3 is 2.04 bits per heavy atom. The summed E-state index contributed by atoms with van der Waals surface area (Å²) in [5.41, 5.74) is 0.430. The lowest BCUT2D eigenvalue weighted by Crippen LogP contribution is -2.37. The standard InChI is InChI=1S/C15H26N2O4S2/c1-6-17(7-2)12(3)11-16-14-9-8-13(22(4,18)19)10-15(14)23(5,20)21/h8-10,12,16H,6-7,11H2,1-5H3. The van der Waals surface area contributed by atoms with E-state index in [0.29, 0.717) is 12.2 Å². The van der Waals surface area contributed by atoms with Gasteiger partial charge in [0.25, 0.3) is 0 Å². The van der Waals surface area contributed by atoms with E-state index < -0.39 is 19.7 Å². The van der Waals surface area contributed by atoms with E-state index in [1.807, 2.05) is 0 Å². The van der Waals surface area contributed by atoms with Crippen LogP contribution in [0, 0.1) is 0 Å². The molecule has 1 N–H and O–H groups in total. The molecule has 0 amide bonds. The molecule has 132 valence electrons. The zero-order chi connectivity index (χ0) is 17.8. The Balaban J connectivity index is 3.13. The third-order valence-corrected chi connectivity index (χ3v) is 6.05. The highest BCUT2D eigenvalue weighted by Gasteiger charge is 2.19. The third kappa shape index (κ3) is 5.47. The second kappa shape index (κ2) is 7.63. The predicted octanol–water partition coefficient (Wildman–Crippen LogP) is 1.64. The summed E-state index contributed by atoms with van der Waals surface area (Å²) in [6, 6.07) is 4.39. The van der Waals surface area contributed by atoms with E-state index in [1.165, 1.54) is 18.2 Å². The van der Waals surface area contributed by atoms with E-state index in [0.717, 1.165) is 25.6 Å². The molecule has 0 heterocycles. The van der Waals surface area contributed by atoms with Gasteiger partial charge in [0.2, 0.25) is 0 Å². The van der Waals surface area contributed by atoms with Gasteiger partial charge in [-0.25, -0.2) is 16.8 Å². The highest BCUT2D eigenvalue weighted by molar-refractivity contribution is 7.91. The molecule has 1 rings (SSSR count). The number of hydrogen-bond donors (Lipinski definition) is 1. The molecule has 0 aliphatic carbocycles. The Morgan fingerprint density at radius 1 is 1.04 bits per heavy atom. The fourth-order valence-electron chi connectivity index (χ4n) is 2.42. The summed E-state index contributed by atoms with van der Waals surface area (Å²) in [5.74, 6) is 0. The van der Waals surface area contributed by atoms with Crippen LogP contribution in [0.15, 0.2) is 28.0 Å². The largest absolute Gasteiger partial charge is 0.382 e. The number of sulfone groups is 2. The van der Waals surface area contributed by atoms with Crippen molar-refractivity contribution in [3.8, 4) is 0 Å². The van der Waals surface area contributed by atoms with Crippen LogP contribution in [0.3, 0.4) is 0 Å². The Bertz CT molecular complexity index is 739. The van der Waals surface area contributed by atoms with Gasteiger partial charge >= 0.3 is 0 Å². The van der Waals surface area contributed by atoms with Gasteiger partial charge in [-0.2, -0.15) is 0 Å². The summed E-state index contributed by atoms with van der Waals surface area (Å²) in [4.78, 5) is 2.25. The van der Waals surface area contributed by atoms with E-state index >= 15 is 0 Å². The zero-order valence-electron chi connectivity index (χ0n) is 14.3. The maximum Gasteiger partial charge on any atom is 0.177 e. The van der Waals surface area contributed by atoms with Gasteiger partial charge in [-0.15, -0.1) is 0 Å². The number of rotatable bonds is 8. The Hall–Kier alpha value is -1.12. The lowest BCUT2D eigenvalue weighted by Gasteiger charge is -2.27. The third-order valence-electron chi connectivity index (χ3n) is 3.80. The van der Waals surface area contributed by atoms with Crippen molar-refractivity contribution in [1.82, 2.24) is 4.90 Å². The predicted molar refractivity (Wildman–Crippen MR) is 93.5 cm³/mol. The second-order valence-corrected chi connectivity index (χ2v) is 9.65. The van der Waals surface area contributed by atoms with Crippen LogP contribution in [0.25, 0.3) is 0 Å². The van der Waals surface area contributed by atoms with Crippen molar-refractivity contribution in [2.24, 2.45) is 0 Å². The van der Waals surface area contributed by atoms with Crippen molar-refractivity contribution in [3.63, 3.8) is 0 Å². The zero-order valence-corrected chi connectivity index (χ0v) is 16.0. The van der Waals surface area contributed by atoms with Gasteiger partial charge in [0, 0.05) is 25.1 Å². The van der Waals surface area contributed by atoms with Crippen LogP contribution in [-0.2, 0) is 19.7 Å². The Kier molecular flexibility index (Phi) is 6.61. The summed E-state index contributed by atoms with van der Waals surface area (Å²) in [5, 5.41) is 3.13. The Labute approximate surface area is 139 Å². The van der Waals surface area contributed by atoms with E-state index in [9.17, 15) is 16.8 Å². The highest BCUT2D eigenvalue weighted by Crippen LogP contribution is 2.25. The van der Waals surface area contributed by atoms with Gasteiger partial charge in [0.15, 0.2) is 19.7 Å². The first-order valence-corrected chi connectivity index (χ1v) is 11.3. The summed E-state index contributed by atoms with van der Waals surface area (Å²) in [6.45, 7) is 8.59. The number of anilines is 1. The fourth-order valence-corrected chi connectivity index (χ4v) is 4.02. The van der Waals surface area contributed by atoms with Gasteiger partial charge in [0.05, 0.1) is 15.5 Å². The number of hydrogen-bond acceptors (Lipinski definition) is 6. The topological polar surface area (TPSA) is 83.6 Å². The van der Waals surface area contributed by atoms with Crippen LogP contribution in [0.2, 0.25) is 0 Å². The molecule has 0 radical (unpaired) electrons. The molecule has 8 heteroatoms. The van der Waals surface area contributed by atoms with Gasteiger partial charge in [-0.05, 0) is 38.2 Å². The van der Waals surface area contributed by atoms with Crippen molar-refractivity contribution in [2.45, 2.75) is 36.6 Å². The lowest BCUT2D eigenvalue weighted by molar-refractivity contribution is 0.240. The maximum absolute atomic E-state index is 12.0. The average Bonchev–Trinajstić information content (AvgIpc) is 2.44. The molecule has 0 fully saturated rings. The van der Waals surface area contributed by atoms with Crippen molar-refractivity contribution in [3.05, 3.63) is 18.2 Å². The van der Waals surface area contributed by atoms with Gasteiger partial charge < -0.3 is 5.32 Å². The van der Waals surface area contributed by atoms with E-state index in [4.69, 9.17) is 0 Å². The average molecular weight is 363 g/mol. The summed E-state index contributed by atoms with van der Waals surface area (Å²) in [6.07, 6.45) is 2.14. The SMILES string of the molecule is CCN(CC)C(C)CNc1ccc(S(C)(=O)=O)cc1S(C)(=O)=O. The van der Waals surface area contributed by atoms with Crippen molar-refractivity contribution >= 4 is 25.4 Å². The first-order chi connectivity index (χ1) is 10.5. The van der Waals surface area contributed by atoms with E-state index in [2.05, 4.69) is 31.0 Å². The molecule has 23 heavy (non-hydrogen) atoms. The molecule has 0 aromatic heterocycles. The molecule has 0 aliphatic rings. The van der Waals surface area contributed by atoms with Crippen LogP contribution in [0.5, 0.6) is 0 Å². The van der Waals surface area contributed by atoms with Gasteiger partial charge in [0.1, 0.15) is 0 Å². The molecule has 1 aromatic carbocycles. The molecule has 1 aromatic rings. The van der Waals surface area contributed by atoms with E-state index in [-0.39, 0.29) is 15.8 Å². The van der Waals surface area contributed by atoms with Gasteiger partial charge in [-0.3, -0.25) is 4.90 Å². The quantitative estimate of drug-likeness (QED) is 0.757. The van der Waals surface area contributed by atoms with Crippen molar-refractivity contribution in [2.75, 3.05) is 37.5 Å². The minimum atomic E-state index is -3.54. The summed E-state index contributed by atoms with van der Waals surface area (Å²) in [7, 11) is -6.99. The van der Waals surface area contributed by atoms with Crippen LogP contribution in [-0.4, -0.2) is 59.9 Å². The fraction of sp³-hybridized carbons (Fsp3) is 0.600. The normalized spacial score (nSPS) is 14.0. The minimum absolute atomic E-state index is 0.000247. The van der Waals surface area contributed by atoms with Crippen LogP contribution >= 0.6 is 0 Å². The monoisotopic (exact) mass is 362 g/mol. The van der Waals surface area contributed by atoms with Crippen LogP contribution < -0.4 is 5.32 Å². The molecule has 1 unspecified atom stereocenters. The molecular formula is C15H26N2O4S2. The van der Waals surface area contributed by atoms with Crippen LogP contribution in [0.1, 0.15) is 20.8 Å².